The van der Waals surface area contributed by atoms with E-state index in [9.17, 15) is 4.79 Å². The largest absolute Gasteiger partial charge is 0.355 e. The van der Waals surface area contributed by atoms with Crippen LogP contribution < -0.4 is 11.1 Å². The smallest absolute Gasteiger partial charge is 0.224 e. The number of nitrogens with one attached hydrogen (secondary N) is 1. The topological polar surface area (TPSA) is 72.9 Å². The lowest BCUT2D eigenvalue weighted by molar-refractivity contribution is -0.127. The zero-order valence-electron chi connectivity index (χ0n) is 11.8. The van der Waals surface area contributed by atoms with Gasteiger partial charge in [0.2, 0.25) is 5.91 Å². The average Bonchev–Trinajstić information content (AvgIpc) is 3.05. The number of halogens is 1. The number of rotatable bonds is 4. The molecule has 4 atom stereocenters. The Balaban J connectivity index is 0.00000147. The van der Waals surface area contributed by atoms with E-state index in [0.29, 0.717) is 18.4 Å². The van der Waals surface area contributed by atoms with Crippen LogP contribution in [0, 0.1) is 17.8 Å². The van der Waals surface area contributed by atoms with Gasteiger partial charge in [0.1, 0.15) is 0 Å². The first-order valence-corrected chi connectivity index (χ1v) is 7.16. The molecule has 1 aromatic rings. The first kappa shape index (κ1) is 15.3. The molecule has 2 saturated carbocycles. The number of carbonyl (C=O) groups excluding carboxylic acids is 1. The summed E-state index contributed by atoms with van der Waals surface area (Å²) in [6, 6.07) is 0.0807. The summed E-state index contributed by atoms with van der Waals surface area (Å²) in [6.45, 7) is 0.672. The Labute approximate surface area is 125 Å². The molecule has 2 fully saturated rings. The molecule has 0 aromatic carbocycles. The van der Waals surface area contributed by atoms with E-state index in [4.69, 9.17) is 5.73 Å². The van der Waals surface area contributed by atoms with E-state index in [2.05, 4.69) is 10.4 Å². The number of aryl methyl sites for hydroxylation is 1. The number of carbonyl (C=O) groups is 1. The standard InChI is InChI=1S/C14H22N4O.ClH/c1-18-8-9(7-17-18)4-5-16-14(19)12-10-2-3-11(6-10)13(12)15;/h7-8,10-13H,2-6,15H2,1H3,(H,16,19);1H. The molecule has 4 unspecified atom stereocenters. The van der Waals surface area contributed by atoms with Crippen molar-refractivity contribution in [3.05, 3.63) is 18.0 Å². The van der Waals surface area contributed by atoms with E-state index in [0.717, 1.165) is 18.4 Å². The summed E-state index contributed by atoms with van der Waals surface area (Å²) in [7, 11) is 1.90. The van der Waals surface area contributed by atoms with Crippen LogP contribution in [0.1, 0.15) is 24.8 Å². The van der Waals surface area contributed by atoms with Crippen molar-refractivity contribution in [3.63, 3.8) is 0 Å². The number of amides is 1. The Hall–Kier alpha value is -1.07. The van der Waals surface area contributed by atoms with Crippen LogP contribution in [-0.2, 0) is 18.3 Å². The zero-order valence-corrected chi connectivity index (χ0v) is 12.6. The van der Waals surface area contributed by atoms with Crippen LogP contribution in [0.15, 0.2) is 12.4 Å². The van der Waals surface area contributed by atoms with Crippen LogP contribution >= 0.6 is 12.4 Å². The Kier molecular flexibility index (Phi) is 4.70. The van der Waals surface area contributed by atoms with Gasteiger partial charge >= 0.3 is 0 Å². The predicted octanol–water partition coefficient (Wildman–Crippen LogP) is 0.874. The van der Waals surface area contributed by atoms with E-state index >= 15 is 0 Å². The number of nitrogens with zero attached hydrogens (tertiary/aromatic N) is 2. The lowest BCUT2D eigenvalue weighted by Crippen LogP contribution is -2.45. The molecule has 6 heteroatoms. The number of nitrogens with two attached hydrogens (primary N) is 1. The van der Waals surface area contributed by atoms with Gasteiger partial charge in [0.05, 0.1) is 12.1 Å². The van der Waals surface area contributed by atoms with E-state index in [1.54, 1.807) is 4.68 Å². The van der Waals surface area contributed by atoms with Gasteiger partial charge in [-0.3, -0.25) is 9.48 Å². The number of hydrogen-bond acceptors (Lipinski definition) is 3. The summed E-state index contributed by atoms with van der Waals surface area (Å²) in [5.41, 5.74) is 7.33. The Morgan fingerprint density at radius 1 is 1.50 bits per heavy atom. The molecule has 1 aromatic heterocycles. The minimum absolute atomic E-state index is 0. The van der Waals surface area contributed by atoms with Crippen LogP contribution in [0.4, 0.5) is 0 Å². The monoisotopic (exact) mass is 298 g/mol. The number of fused-ring (bicyclic) bond motifs is 2. The van der Waals surface area contributed by atoms with Gasteiger partial charge in [-0.25, -0.2) is 0 Å². The third-order valence-electron chi connectivity index (χ3n) is 4.75. The highest BCUT2D eigenvalue weighted by Crippen LogP contribution is 2.47. The molecule has 1 heterocycles. The van der Waals surface area contributed by atoms with Crippen LogP contribution in [0.25, 0.3) is 0 Å². The minimum atomic E-state index is 0. The lowest BCUT2D eigenvalue weighted by atomic mass is 9.84. The van der Waals surface area contributed by atoms with Crippen LogP contribution in [0.2, 0.25) is 0 Å². The molecule has 2 bridgehead atoms. The van der Waals surface area contributed by atoms with Crippen molar-refractivity contribution in [2.45, 2.75) is 31.7 Å². The van der Waals surface area contributed by atoms with Crippen molar-refractivity contribution in [2.24, 2.45) is 30.5 Å². The maximum absolute atomic E-state index is 12.2. The molecular formula is C14H23ClN4O. The van der Waals surface area contributed by atoms with E-state index in [-0.39, 0.29) is 30.3 Å². The van der Waals surface area contributed by atoms with Gasteiger partial charge < -0.3 is 11.1 Å². The number of hydrogen-bond donors (Lipinski definition) is 2. The summed E-state index contributed by atoms with van der Waals surface area (Å²) >= 11 is 0. The van der Waals surface area contributed by atoms with Gasteiger partial charge in [0.25, 0.3) is 0 Å². The van der Waals surface area contributed by atoms with Crippen molar-refractivity contribution in [2.75, 3.05) is 6.54 Å². The molecule has 2 aliphatic rings. The maximum atomic E-state index is 12.2. The SMILES string of the molecule is Cl.Cn1cc(CCNC(=O)C2C3CCC(C3)C2N)cn1. The molecule has 0 spiro atoms. The summed E-state index contributed by atoms with van der Waals surface area (Å²) in [4.78, 5) is 12.2. The first-order valence-electron chi connectivity index (χ1n) is 7.16. The first-order chi connectivity index (χ1) is 9.15. The van der Waals surface area contributed by atoms with Crippen molar-refractivity contribution in [1.82, 2.24) is 15.1 Å². The average molecular weight is 299 g/mol. The van der Waals surface area contributed by atoms with Gasteiger partial charge in [-0.1, -0.05) is 0 Å². The maximum Gasteiger partial charge on any atom is 0.224 e. The van der Waals surface area contributed by atoms with Gasteiger partial charge in [-0.05, 0) is 43.1 Å². The third-order valence-corrected chi connectivity index (χ3v) is 4.75. The number of aromatic nitrogens is 2. The zero-order chi connectivity index (χ0) is 13.4. The molecule has 1 amide bonds. The lowest BCUT2D eigenvalue weighted by Gasteiger charge is -2.26. The minimum Gasteiger partial charge on any atom is -0.355 e. The van der Waals surface area contributed by atoms with Crippen molar-refractivity contribution in [3.8, 4) is 0 Å². The molecule has 5 nitrogen and oxygen atoms in total. The fourth-order valence-electron chi connectivity index (χ4n) is 3.77. The molecule has 0 aliphatic heterocycles. The molecule has 112 valence electrons. The Morgan fingerprint density at radius 3 is 2.85 bits per heavy atom. The van der Waals surface area contributed by atoms with Crippen LogP contribution in [0.3, 0.4) is 0 Å². The van der Waals surface area contributed by atoms with Crippen LogP contribution in [-0.4, -0.2) is 28.3 Å². The van der Waals surface area contributed by atoms with Crippen molar-refractivity contribution in [1.29, 1.82) is 0 Å². The van der Waals surface area contributed by atoms with Gasteiger partial charge in [0.15, 0.2) is 0 Å². The normalized spacial score (nSPS) is 31.1. The molecule has 2 aliphatic carbocycles. The summed E-state index contributed by atoms with van der Waals surface area (Å²) in [5, 5.41) is 7.16. The second-order valence-corrected chi connectivity index (χ2v) is 6.00. The highest BCUT2D eigenvalue weighted by Gasteiger charge is 2.48. The van der Waals surface area contributed by atoms with Crippen LogP contribution in [0.5, 0.6) is 0 Å². The van der Waals surface area contributed by atoms with E-state index in [1.807, 2.05) is 19.4 Å². The molecule has 3 N–H and O–H groups in total. The molecule has 0 radical (unpaired) electrons. The summed E-state index contributed by atoms with van der Waals surface area (Å²) < 4.78 is 1.78. The Bertz CT molecular complexity index is 473. The van der Waals surface area contributed by atoms with E-state index < -0.39 is 0 Å². The van der Waals surface area contributed by atoms with Gasteiger partial charge in [-0.15, -0.1) is 12.4 Å². The van der Waals surface area contributed by atoms with Crippen molar-refractivity contribution >= 4 is 18.3 Å². The van der Waals surface area contributed by atoms with E-state index in [1.165, 1.54) is 12.8 Å². The summed E-state index contributed by atoms with van der Waals surface area (Å²) in [6.07, 6.45) is 8.20. The van der Waals surface area contributed by atoms with Gasteiger partial charge in [0, 0.05) is 25.8 Å². The quantitative estimate of drug-likeness (QED) is 0.866. The second-order valence-electron chi connectivity index (χ2n) is 6.00. The summed E-state index contributed by atoms with van der Waals surface area (Å²) in [5.74, 6) is 1.31. The highest BCUT2D eigenvalue weighted by molar-refractivity contribution is 5.85. The fourth-order valence-corrected chi connectivity index (χ4v) is 3.77. The van der Waals surface area contributed by atoms with Crippen molar-refractivity contribution < 1.29 is 4.79 Å². The van der Waals surface area contributed by atoms with Gasteiger partial charge in [-0.2, -0.15) is 5.10 Å². The second kappa shape index (κ2) is 6.14. The molecule has 20 heavy (non-hydrogen) atoms. The fraction of sp³-hybridized carbons (Fsp3) is 0.714. The predicted molar refractivity (Wildman–Crippen MR) is 79.5 cm³/mol. The molecule has 0 saturated heterocycles. The Morgan fingerprint density at radius 2 is 2.25 bits per heavy atom. The highest BCUT2D eigenvalue weighted by atomic mass is 35.5. The molecular weight excluding hydrogens is 276 g/mol. The molecule has 3 rings (SSSR count). The third kappa shape index (κ3) is 2.83.